The molecule has 0 radical (unpaired) electrons. The minimum atomic E-state index is -0.606. The maximum Gasteiger partial charge on any atom is 0.253 e. The van der Waals surface area contributed by atoms with Crippen molar-refractivity contribution in [3.05, 3.63) is 94.5 Å². The van der Waals surface area contributed by atoms with Gasteiger partial charge in [-0.2, -0.15) is 0 Å². The van der Waals surface area contributed by atoms with E-state index in [1.54, 1.807) is 30.3 Å². The lowest BCUT2D eigenvalue weighted by Crippen LogP contribution is -2.33. The number of hydrogen-bond donors (Lipinski definition) is 4. The Morgan fingerprint density at radius 2 is 1.47 bits per heavy atom. The smallest absolute Gasteiger partial charge is 0.253 e. The Labute approximate surface area is 187 Å². The zero-order chi connectivity index (χ0) is 23.1. The van der Waals surface area contributed by atoms with E-state index >= 15 is 0 Å². The molecule has 3 rings (SSSR count). The van der Waals surface area contributed by atoms with E-state index < -0.39 is 5.91 Å². The predicted molar refractivity (Wildman–Crippen MR) is 125 cm³/mol. The molecule has 3 aromatic carbocycles. The van der Waals surface area contributed by atoms with Gasteiger partial charge in [-0.15, -0.1) is 0 Å². The van der Waals surface area contributed by atoms with Crippen LogP contribution in [0.1, 0.15) is 37.4 Å². The van der Waals surface area contributed by atoms with E-state index in [1.165, 1.54) is 5.56 Å². The fourth-order valence-electron chi connectivity index (χ4n) is 3.14. The van der Waals surface area contributed by atoms with E-state index in [9.17, 15) is 14.4 Å². The molecule has 0 unspecified atom stereocenters. The lowest BCUT2D eigenvalue weighted by atomic mass is 10.1. The van der Waals surface area contributed by atoms with Crippen LogP contribution >= 0.6 is 0 Å². The molecule has 0 bridgehead atoms. The molecule has 7 nitrogen and oxygen atoms in total. The van der Waals surface area contributed by atoms with Gasteiger partial charge in [0.15, 0.2) is 0 Å². The first kappa shape index (κ1) is 22.6. The number of hydrogen-bond acceptors (Lipinski definition) is 4. The molecule has 0 saturated carbocycles. The third kappa shape index (κ3) is 5.72. The standard InChI is InChI=1S/C25H26N4O3/c1-16-6-5-9-21(17(16)2)29-22-8-4-3-7-20(22)25(32)27-14-18-10-12-19(13-11-18)24(31)28-15-23(26)30/h3-13,29H,14-15H2,1-2H3,(H2,26,30)(H,27,32)(H,28,31). The van der Waals surface area contributed by atoms with Crippen LogP contribution in [-0.4, -0.2) is 24.3 Å². The highest BCUT2D eigenvalue weighted by molar-refractivity contribution is 6.00. The molecule has 5 N–H and O–H groups in total. The average molecular weight is 431 g/mol. The molecule has 0 aliphatic carbocycles. The van der Waals surface area contributed by atoms with E-state index in [0.717, 1.165) is 22.5 Å². The van der Waals surface area contributed by atoms with Crippen LogP contribution in [-0.2, 0) is 11.3 Å². The first-order valence-corrected chi connectivity index (χ1v) is 10.2. The van der Waals surface area contributed by atoms with Crippen molar-refractivity contribution in [3.8, 4) is 0 Å². The van der Waals surface area contributed by atoms with Gasteiger partial charge in [-0.1, -0.05) is 36.4 Å². The van der Waals surface area contributed by atoms with E-state index in [4.69, 9.17) is 5.73 Å². The van der Waals surface area contributed by atoms with Crippen LogP contribution in [0.5, 0.6) is 0 Å². The van der Waals surface area contributed by atoms with Crippen molar-refractivity contribution in [2.24, 2.45) is 5.73 Å². The zero-order valence-electron chi connectivity index (χ0n) is 18.1. The Hall–Kier alpha value is -4.13. The molecule has 0 aliphatic heterocycles. The molecule has 164 valence electrons. The monoisotopic (exact) mass is 430 g/mol. The number of benzene rings is 3. The van der Waals surface area contributed by atoms with Crippen molar-refractivity contribution < 1.29 is 14.4 Å². The summed E-state index contributed by atoms with van der Waals surface area (Å²) in [6, 6.07) is 20.1. The summed E-state index contributed by atoms with van der Waals surface area (Å²) in [5.74, 6) is -1.20. The largest absolute Gasteiger partial charge is 0.368 e. The molecule has 32 heavy (non-hydrogen) atoms. The first-order chi connectivity index (χ1) is 15.3. The quantitative estimate of drug-likeness (QED) is 0.439. The lowest BCUT2D eigenvalue weighted by molar-refractivity contribution is -0.117. The van der Waals surface area contributed by atoms with Crippen LogP contribution in [0.3, 0.4) is 0 Å². The van der Waals surface area contributed by atoms with Gasteiger partial charge in [0.2, 0.25) is 5.91 Å². The van der Waals surface area contributed by atoms with Crippen LogP contribution < -0.4 is 21.7 Å². The van der Waals surface area contributed by atoms with Crippen LogP contribution in [0.25, 0.3) is 0 Å². The number of nitrogens with one attached hydrogen (secondary N) is 3. The number of para-hydroxylation sites is 1. The second-order valence-corrected chi connectivity index (χ2v) is 7.45. The Kier molecular flexibility index (Phi) is 7.23. The molecular formula is C25H26N4O3. The molecule has 0 aromatic heterocycles. The van der Waals surface area contributed by atoms with Crippen LogP contribution in [0.4, 0.5) is 11.4 Å². The number of aryl methyl sites for hydroxylation is 1. The zero-order valence-corrected chi connectivity index (χ0v) is 18.1. The highest BCUT2D eigenvalue weighted by atomic mass is 16.2. The summed E-state index contributed by atoms with van der Waals surface area (Å²) >= 11 is 0. The number of amides is 3. The maximum atomic E-state index is 12.8. The molecule has 0 heterocycles. The van der Waals surface area contributed by atoms with Crippen LogP contribution in [0.2, 0.25) is 0 Å². The topological polar surface area (TPSA) is 113 Å². The van der Waals surface area contributed by atoms with Crippen molar-refractivity contribution in [1.82, 2.24) is 10.6 Å². The van der Waals surface area contributed by atoms with Gasteiger partial charge in [-0.25, -0.2) is 0 Å². The van der Waals surface area contributed by atoms with Gasteiger partial charge in [-0.05, 0) is 60.9 Å². The number of nitrogens with two attached hydrogens (primary N) is 1. The van der Waals surface area contributed by atoms with Gasteiger partial charge in [0, 0.05) is 17.8 Å². The van der Waals surface area contributed by atoms with Gasteiger partial charge in [0.05, 0.1) is 17.8 Å². The maximum absolute atomic E-state index is 12.8. The van der Waals surface area contributed by atoms with Crippen LogP contribution in [0, 0.1) is 13.8 Å². The highest BCUT2D eigenvalue weighted by Gasteiger charge is 2.12. The number of rotatable bonds is 8. The minimum absolute atomic E-state index is 0.207. The second kappa shape index (κ2) is 10.3. The van der Waals surface area contributed by atoms with Crippen molar-refractivity contribution in [2.75, 3.05) is 11.9 Å². The Bertz CT molecular complexity index is 1140. The molecular weight excluding hydrogens is 404 g/mol. The highest BCUT2D eigenvalue weighted by Crippen LogP contribution is 2.25. The molecule has 0 saturated heterocycles. The van der Waals surface area contributed by atoms with E-state index in [2.05, 4.69) is 16.0 Å². The van der Waals surface area contributed by atoms with E-state index in [0.29, 0.717) is 17.7 Å². The van der Waals surface area contributed by atoms with Gasteiger partial charge >= 0.3 is 0 Å². The summed E-state index contributed by atoms with van der Waals surface area (Å²) in [6.45, 7) is 4.18. The van der Waals surface area contributed by atoms with Gasteiger partial charge in [-0.3, -0.25) is 14.4 Å². The first-order valence-electron chi connectivity index (χ1n) is 10.2. The summed E-state index contributed by atoms with van der Waals surface area (Å²) < 4.78 is 0. The van der Waals surface area contributed by atoms with Crippen molar-refractivity contribution >= 4 is 29.1 Å². The van der Waals surface area contributed by atoms with Gasteiger partial charge in [0.25, 0.3) is 11.8 Å². The predicted octanol–water partition coefficient (Wildman–Crippen LogP) is 3.19. The van der Waals surface area contributed by atoms with E-state index in [-0.39, 0.29) is 18.4 Å². The number of carbonyl (C=O) groups is 3. The van der Waals surface area contributed by atoms with E-state index in [1.807, 2.05) is 50.2 Å². The Balaban J connectivity index is 1.65. The molecule has 7 heteroatoms. The summed E-state index contributed by atoms with van der Waals surface area (Å²) in [5, 5.41) is 8.71. The fourth-order valence-corrected chi connectivity index (χ4v) is 3.14. The summed E-state index contributed by atoms with van der Waals surface area (Å²) in [6.07, 6.45) is 0. The summed E-state index contributed by atoms with van der Waals surface area (Å²) in [7, 11) is 0. The number of anilines is 2. The van der Waals surface area contributed by atoms with Gasteiger partial charge < -0.3 is 21.7 Å². The summed E-state index contributed by atoms with van der Waals surface area (Å²) in [5.41, 5.74) is 10.8. The number of carbonyl (C=O) groups excluding carboxylic acids is 3. The van der Waals surface area contributed by atoms with Crippen LogP contribution in [0.15, 0.2) is 66.7 Å². The summed E-state index contributed by atoms with van der Waals surface area (Å²) in [4.78, 5) is 35.6. The molecule has 0 atom stereocenters. The molecule has 0 aliphatic rings. The van der Waals surface area contributed by atoms with Gasteiger partial charge in [0.1, 0.15) is 0 Å². The van der Waals surface area contributed by atoms with Crippen molar-refractivity contribution in [3.63, 3.8) is 0 Å². The normalized spacial score (nSPS) is 10.3. The fraction of sp³-hybridized carbons (Fsp3) is 0.160. The lowest BCUT2D eigenvalue weighted by Gasteiger charge is -2.15. The molecule has 3 aromatic rings. The molecule has 0 fully saturated rings. The van der Waals surface area contributed by atoms with Crippen molar-refractivity contribution in [2.45, 2.75) is 20.4 Å². The van der Waals surface area contributed by atoms with Crippen molar-refractivity contribution in [1.29, 1.82) is 0 Å². The third-order valence-electron chi connectivity index (χ3n) is 5.14. The number of primary amides is 1. The Morgan fingerprint density at radius 1 is 0.781 bits per heavy atom. The Morgan fingerprint density at radius 3 is 2.19 bits per heavy atom. The third-order valence-corrected chi connectivity index (χ3v) is 5.14. The molecule has 0 spiro atoms. The second-order valence-electron chi connectivity index (χ2n) is 7.45. The average Bonchev–Trinajstić information content (AvgIpc) is 2.79. The molecule has 3 amide bonds. The minimum Gasteiger partial charge on any atom is -0.368 e. The SMILES string of the molecule is Cc1cccc(Nc2ccccc2C(=O)NCc2ccc(C(=O)NCC(N)=O)cc2)c1C.